The Morgan fingerprint density at radius 3 is 2.46 bits per heavy atom. The molecule has 0 spiro atoms. The first kappa shape index (κ1) is 12.2. The van der Waals surface area contributed by atoms with Crippen LogP contribution in [-0.4, -0.2) is 24.3 Å². The number of amides is 1. The van der Waals surface area contributed by atoms with Crippen LogP contribution in [0, 0.1) is 0 Å². The standard InChI is InChI=1S/C9H20N2O2/c1-5-9(4,6-10)11-8(12)13-7(2)3/h7H,5-6,10H2,1-4H3,(H,11,12). The van der Waals surface area contributed by atoms with E-state index in [0.29, 0.717) is 6.54 Å². The lowest BCUT2D eigenvalue weighted by Gasteiger charge is -2.27. The van der Waals surface area contributed by atoms with Gasteiger partial charge in [0.25, 0.3) is 0 Å². The number of rotatable bonds is 4. The second-order valence-electron chi connectivity index (χ2n) is 3.70. The molecule has 0 aromatic carbocycles. The number of hydrogen-bond acceptors (Lipinski definition) is 3. The molecule has 4 heteroatoms. The van der Waals surface area contributed by atoms with Crippen molar-refractivity contribution in [3.63, 3.8) is 0 Å². The number of hydrogen-bond donors (Lipinski definition) is 2. The van der Waals surface area contributed by atoms with Crippen LogP contribution < -0.4 is 11.1 Å². The number of carbonyl (C=O) groups excluding carboxylic acids is 1. The molecule has 13 heavy (non-hydrogen) atoms. The second-order valence-corrected chi connectivity index (χ2v) is 3.70. The van der Waals surface area contributed by atoms with Gasteiger partial charge in [0, 0.05) is 6.54 Å². The van der Waals surface area contributed by atoms with E-state index in [1.54, 1.807) is 0 Å². The SMILES string of the molecule is CCC(C)(CN)NC(=O)OC(C)C. The molecule has 0 fully saturated rings. The topological polar surface area (TPSA) is 64.3 Å². The van der Waals surface area contributed by atoms with Crippen LogP contribution in [0.25, 0.3) is 0 Å². The van der Waals surface area contributed by atoms with Crippen molar-refractivity contribution >= 4 is 6.09 Å². The van der Waals surface area contributed by atoms with Crippen molar-refractivity contribution in [3.8, 4) is 0 Å². The Kier molecular flexibility index (Phi) is 4.77. The molecule has 0 bridgehead atoms. The van der Waals surface area contributed by atoms with E-state index in [9.17, 15) is 4.79 Å². The van der Waals surface area contributed by atoms with Crippen LogP contribution in [0.1, 0.15) is 34.1 Å². The van der Waals surface area contributed by atoms with Crippen molar-refractivity contribution in [1.29, 1.82) is 0 Å². The van der Waals surface area contributed by atoms with Crippen LogP contribution in [-0.2, 0) is 4.74 Å². The summed E-state index contributed by atoms with van der Waals surface area (Å²) in [5.74, 6) is 0. The van der Waals surface area contributed by atoms with Crippen LogP contribution in [0.2, 0.25) is 0 Å². The fraction of sp³-hybridized carbons (Fsp3) is 0.889. The lowest BCUT2D eigenvalue weighted by Crippen LogP contribution is -2.51. The Hall–Kier alpha value is -0.770. The highest BCUT2D eigenvalue weighted by atomic mass is 16.6. The van der Waals surface area contributed by atoms with Crippen molar-refractivity contribution in [2.45, 2.75) is 45.8 Å². The first-order valence-corrected chi connectivity index (χ1v) is 4.62. The lowest BCUT2D eigenvalue weighted by atomic mass is 10.00. The van der Waals surface area contributed by atoms with Gasteiger partial charge in [-0.3, -0.25) is 0 Å². The van der Waals surface area contributed by atoms with Crippen molar-refractivity contribution in [3.05, 3.63) is 0 Å². The molecule has 4 nitrogen and oxygen atoms in total. The minimum atomic E-state index is -0.398. The summed E-state index contributed by atoms with van der Waals surface area (Å²) in [6.45, 7) is 7.91. The van der Waals surface area contributed by atoms with Gasteiger partial charge in [-0.1, -0.05) is 6.92 Å². The highest BCUT2D eigenvalue weighted by Crippen LogP contribution is 2.07. The minimum Gasteiger partial charge on any atom is -0.447 e. The van der Waals surface area contributed by atoms with E-state index in [-0.39, 0.29) is 11.6 Å². The smallest absolute Gasteiger partial charge is 0.407 e. The summed E-state index contributed by atoms with van der Waals surface area (Å²) in [6, 6.07) is 0. The molecule has 1 amide bonds. The largest absolute Gasteiger partial charge is 0.447 e. The monoisotopic (exact) mass is 188 g/mol. The Balaban J connectivity index is 4.02. The fourth-order valence-electron chi connectivity index (χ4n) is 0.774. The number of ether oxygens (including phenoxy) is 1. The molecule has 78 valence electrons. The normalized spacial score (nSPS) is 15.2. The summed E-state index contributed by atoms with van der Waals surface area (Å²) in [7, 11) is 0. The molecule has 0 aromatic heterocycles. The first-order chi connectivity index (χ1) is 5.93. The van der Waals surface area contributed by atoms with Crippen LogP contribution >= 0.6 is 0 Å². The van der Waals surface area contributed by atoms with Gasteiger partial charge in [0.05, 0.1) is 11.6 Å². The molecule has 3 N–H and O–H groups in total. The minimum absolute atomic E-state index is 0.0983. The van der Waals surface area contributed by atoms with Gasteiger partial charge < -0.3 is 15.8 Å². The Morgan fingerprint density at radius 2 is 2.15 bits per heavy atom. The van der Waals surface area contributed by atoms with Gasteiger partial charge >= 0.3 is 6.09 Å². The average Bonchev–Trinajstić information content (AvgIpc) is 2.02. The van der Waals surface area contributed by atoms with Gasteiger partial charge in [0.1, 0.15) is 0 Å². The van der Waals surface area contributed by atoms with E-state index in [1.807, 2.05) is 27.7 Å². The highest BCUT2D eigenvalue weighted by Gasteiger charge is 2.23. The molecular formula is C9H20N2O2. The number of alkyl carbamates (subject to hydrolysis) is 1. The zero-order valence-electron chi connectivity index (χ0n) is 8.89. The van der Waals surface area contributed by atoms with Gasteiger partial charge in [0.2, 0.25) is 0 Å². The van der Waals surface area contributed by atoms with Crippen molar-refractivity contribution < 1.29 is 9.53 Å². The Labute approximate surface area is 79.8 Å². The molecule has 0 aliphatic rings. The summed E-state index contributed by atoms with van der Waals surface area (Å²) in [4.78, 5) is 11.2. The molecule has 0 radical (unpaired) electrons. The third kappa shape index (κ3) is 4.72. The summed E-state index contributed by atoms with van der Waals surface area (Å²) >= 11 is 0. The predicted molar refractivity (Wildman–Crippen MR) is 52.5 cm³/mol. The zero-order chi connectivity index (χ0) is 10.5. The van der Waals surface area contributed by atoms with E-state index >= 15 is 0 Å². The van der Waals surface area contributed by atoms with Crippen molar-refractivity contribution in [2.75, 3.05) is 6.54 Å². The fourth-order valence-corrected chi connectivity index (χ4v) is 0.774. The van der Waals surface area contributed by atoms with Crippen LogP contribution in [0.5, 0.6) is 0 Å². The molecule has 0 saturated carbocycles. The first-order valence-electron chi connectivity index (χ1n) is 4.62. The zero-order valence-corrected chi connectivity index (χ0v) is 8.89. The van der Waals surface area contributed by atoms with Gasteiger partial charge in [-0.2, -0.15) is 0 Å². The third-order valence-electron chi connectivity index (χ3n) is 1.98. The summed E-state index contributed by atoms with van der Waals surface area (Å²) in [5.41, 5.74) is 5.17. The van der Waals surface area contributed by atoms with Gasteiger partial charge in [-0.25, -0.2) is 4.79 Å². The average molecular weight is 188 g/mol. The second kappa shape index (κ2) is 5.07. The van der Waals surface area contributed by atoms with Crippen molar-refractivity contribution in [2.24, 2.45) is 5.73 Å². The maximum atomic E-state index is 11.2. The lowest BCUT2D eigenvalue weighted by molar-refractivity contribution is 0.105. The third-order valence-corrected chi connectivity index (χ3v) is 1.98. The molecule has 0 aliphatic carbocycles. The number of nitrogens with one attached hydrogen (secondary N) is 1. The van der Waals surface area contributed by atoms with Gasteiger partial charge in [-0.05, 0) is 27.2 Å². The number of carbonyl (C=O) groups is 1. The maximum absolute atomic E-state index is 11.2. The van der Waals surface area contributed by atoms with Gasteiger partial charge in [0.15, 0.2) is 0 Å². The van der Waals surface area contributed by atoms with E-state index in [1.165, 1.54) is 0 Å². The van der Waals surface area contributed by atoms with E-state index in [4.69, 9.17) is 10.5 Å². The van der Waals surface area contributed by atoms with Gasteiger partial charge in [-0.15, -0.1) is 0 Å². The van der Waals surface area contributed by atoms with E-state index < -0.39 is 6.09 Å². The van der Waals surface area contributed by atoms with Crippen LogP contribution in [0.4, 0.5) is 4.79 Å². The molecule has 0 aliphatic heterocycles. The van der Waals surface area contributed by atoms with E-state index in [0.717, 1.165) is 6.42 Å². The molecule has 1 unspecified atom stereocenters. The quantitative estimate of drug-likeness (QED) is 0.697. The summed E-state index contributed by atoms with van der Waals surface area (Å²) < 4.78 is 4.94. The van der Waals surface area contributed by atoms with Crippen LogP contribution in [0.15, 0.2) is 0 Å². The summed E-state index contributed by atoms with van der Waals surface area (Å²) in [6.07, 6.45) is 0.292. The Bertz CT molecular complexity index is 165. The molecule has 0 saturated heterocycles. The predicted octanol–water partition coefficient (Wildman–Crippen LogP) is 1.25. The highest BCUT2D eigenvalue weighted by molar-refractivity contribution is 5.68. The summed E-state index contributed by atoms with van der Waals surface area (Å²) in [5, 5.41) is 2.74. The molecular weight excluding hydrogens is 168 g/mol. The molecule has 0 aromatic rings. The Morgan fingerprint density at radius 1 is 1.62 bits per heavy atom. The number of nitrogens with two attached hydrogens (primary N) is 1. The van der Waals surface area contributed by atoms with Crippen molar-refractivity contribution in [1.82, 2.24) is 5.32 Å². The van der Waals surface area contributed by atoms with E-state index in [2.05, 4.69) is 5.32 Å². The molecule has 0 rings (SSSR count). The molecule has 0 heterocycles. The maximum Gasteiger partial charge on any atom is 0.407 e. The molecule has 1 atom stereocenters. The van der Waals surface area contributed by atoms with Crippen LogP contribution in [0.3, 0.4) is 0 Å².